The molecule has 24 heavy (non-hydrogen) atoms. The van der Waals surface area contributed by atoms with Crippen LogP contribution in [0, 0.1) is 0 Å². The molecule has 0 unspecified atom stereocenters. The summed E-state index contributed by atoms with van der Waals surface area (Å²) in [5.74, 6) is 0.785. The predicted octanol–water partition coefficient (Wildman–Crippen LogP) is 1.55. The molecule has 2 rings (SSSR count). The zero-order chi connectivity index (χ0) is 17.5. The van der Waals surface area contributed by atoms with Crippen molar-refractivity contribution in [3.8, 4) is 17.2 Å². The van der Waals surface area contributed by atoms with Crippen LogP contribution in [0.1, 0.15) is 19.4 Å². The Morgan fingerprint density at radius 3 is 2.75 bits per heavy atom. The normalized spacial score (nSPS) is 13.0. The van der Waals surface area contributed by atoms with Crippen molar-refractivity contribution in [2.45, 2.75) is 20.0 Å². The third-order valence-electron chi connectivity index (χ3n) is 3.05. The number of ether oxygens (including phenoxy) is 4. The van der Waals surface area contributed by atoms with E-state index in [1.807, 2.05) is 0 Å². The van der Waals surface area contributed by atoms with Crippen molar-refractivity contribution in [1.29, 1.82) is 0 Å². The standard InChI is InChI=1S/C17H21NO6/c1-11(2)24-16(20)10-18-15(19)5-4-12-8-13(21-3)17-14(9-12)22-6-7-23-17/h4-5,8-9,11H,6-7,10H2,1-3H3,(H,18,19)/b5-4-. The van der Waals surface area contributed by atoms with E-state index in [2.05, 4.69) is 5.32 Å². The molecule has 1 aliphatic heterocycles. The van der Waals surface area contributed by atoms with Crippen molar-refractivity contribution >= 4 is 18.0 Å². The second-order valence-corrected chi connectivity index (χ2v) is 5.34. The molecule has 1 amide bonds. The zero-order valence-electron chi connectivity index (χ0n) is 14.0. The highest BCUT2D eigenvalue weighted by Gasteiger charge is 2.17. The molecule has 0 spiro atoms. The van der Waals surface area contributed by atoms with Gasteiger partial charge in [-0.3, -0.25) is 9.59 Å². The first kappa shape index (κ1) is 17.7. The molecule has 0 saturated carbocycles. The molecule has 130 valence electrons. The summed E-state index contributed by atoms with van der Waals surface area (Å²) >= 11 is 0. The van der Waals surface area contributed by atoms with Gasteiger partial charge in [0.25, 0.3) is 0 Å². The Bertz CT molecular complexity index is 621. The highest BCUT2D eigenvalue weighted by molar-refractivity contribution is 5.93. The number of hydrogen-bond acceptors (Lipinski definition) is 6. The van der Waals surface area contributed by atoms with E-state index in [0.29, 0.717) is 30.5 Å². The van der Waals surface area contributed by atoms with E-state index in [-0.39, 0.29) is 12.6 Å². The summed E-state index contributed by atoms with van der Waals surface area (Å²) in [6, 6.07) is 3.50. The minimum Gasteiger partial charge on any atom is -0.493 e. The summed E-state index contributed by atoms with van der Waals surface area (Å²) in [5.41, 5.74) is 0.719. The van der Waals surface area contributed by atoms with Crippen LogP contribution in [0.15, 0.2) is 18.2 Å². The van der Waals surface area contributed by atoms with Crippen LogP contribution < -0.4 is 19.5 Å². The Labute approximate surface area is 140 Å². The van der Waals surface area contributed by atoms with Crippen molar-refractivity contribution in [1.82, 2.24) is 5.32 Å². The first-order valence-corrected chi connectivity index (χ1v) is 7.62. The zero-order valence-corrected chi connectivity index (χ0v) is 14.0. The van der Waals surface area contributed by atoms with E-state index in [4.69, 9.17) is 18.9 Å². The average molecular weight is 335 g/mol. The molecular weight excluding hydrogens is 314 g/mol. The molecular formula is C17H21NO6. The Hall–Kier alpha value is -2.70. The van der Waals surface area contributed by atoms with Gasteiger partial charge in [0.1, 0.15) is 19.8 Å². The second-order valence-electron chi connectivity index (χ2n) is 5.34. The molecule has 0 radical (unpaired) electrons. The number of benzene rings is 1. The van der Waals surface area contributed by atoms with E-state index >= 15 is 0 Å². The summed E-state index contributed by atoms with van der Waals surface area (Å²) in [7, 11) is 1.54. The SMILES string of the molecule is COc1cc(/C=C\C(=O)NCC(=O)OC(C)C)cc2c1OCCO2. The lowest BCUT2D eigenvalue weighted by Gasteiger charge is -2.20. The van der Waals surface area contributed by atoms with E-state index in [9.17, 15) is 9.59 Å². The second kappa shape index (κ2) is 8.24. The van der Waals surface area contributed by atoms with Gasteiger partial charge >= 0.3 is 5.97 Å². The van der Waals surface area contributed by atoms with Crippen LogP contribution in [-0.4, -0.2) is 44.8 Å². The topological polar surface area (TPSA) is 83.1 Å². The molecule has 0 aliphatic carbocycles. The van der Waals surface area contributed by atoms with Gasteiger partial charge in [-0.15, -0.1) is 0 Å². The molecule has 1 aromatic carbocycles. The van der Waals surface area contributed by atoms with Crippen molar-refractivity contribution < 1.29 is 28.5 Å². The van der Waals surface area contributed by atoms with Gasteiger partial charge in [-0.1, -0.05) is 0 Å². The van der Waals surface area contributed by atoms with Crippen LogP contribution in [0.3, 0.4) is 0 Å². The van der Waals surface area contributed by atoms with Crippen molar-refractivity contribution in [3.63, 3.8) is 0 Å². The van der Waals surface area contributed by atoms with E-state index in [1.165, 1.54) is 13.2 Å². The first-order valence-electron chi connectivity index (χ1n) is 7.62. The molecule has 0 atom stereocenters. The maximum absolute atomic E-state index is 11.8. The molecule has 1 heterocycles. The largest absolute Gasteiger partial charge is 0.493 e. The fourth-order valence-corrected chi connectivity index (χ4v) is 2.08. The van der Waals surface area contributed by atoms with Gasteiger partial charge in [0.15, 0.2) is 11.5 Å². The van der Waals surface area contributed by atoms with Crippen LogP contribution in [0.2, 0.25) is 0 Å². The average Bonchev–Trinajstić information content (AvgIpc) is 2.56. The number of rotatable bonds is 6. The number of amides is 1. The van der Waals surface area contributed by atoms with Crippen molar-refractivity contribution in [2.24, 2.45) is 0 Å². The highest BCUT2D eigenvalue weighted by atomic mass is 16.6. The fraction of sp³-hybridized carbons (Fsp3) is 0.412. The van der Waals surface area contributed by atoms with Crippen molar-refractivity contribution in [3.05, 3.63) is 23.8 Å². The molecule has 0 fully saturated rings. The lowest BCUT2D eigenvalue weighted by atomic mass is 10.1. The fourth-order valence-electron chi connectivity index (χ4n) is 2.08. The third kappa shape index (κ3) is 4.91. The molecule has 0 aromatic heterocycles. The maximum atomic E-state index is 11.8. The van der Waals surface area contributed by atoms with Gasteiger partial charge in [0.05, 0.1) is 13.2 Å². The van der Waals surface area contributed by atoms with Gasteiger partial charge in [0, 0.05) is 6.08 Å². The maximum Gasteiger partial charge on any atom is 0.325 e. The molecule has 1 N–H and O–H groups in total. The predicted molar refractivity (Wildman–Crippen MR) is 87.3 cm³/mol. The molecule has 1 aromatic rings. The number of methoxy groups -OCH3 is 1. The monoisotopic (exact) mass is 335 g/mol. The summed E-state index contributed by atoms with van der Waals surface area (Å²) in [4.78, 5) is 23.1. The van der Waals surface area contributed by atoms with Crippen LogP contribution in [-0.2, 0) is 14.3 Å². The molecule has 1 aliphatic rings. The Kier molecular flexibility index (Phi) is 6.06. The lowest BCUT2D eigenvalue weighted by molar-refractivity contribution is -0.147. The van der Waals surface area contributed by atoms with E-state index < -0.39 is 11.9 Å². The number of carbonyl (C=O) groups is 2. The van der Waals surface area contributed by atoms with Crippen molar-refractivity contribution in [2.75, 3.05) is 26.9 Å². The number of nitrogens with one attached hydrogen (secondary N) is 1. The minimum atomic E-state index is -0.479. The van der Waals surface area contributed by atoms with Crippen LogP contribution >= 0.6 is 0 Å². The molecule has 7 nitrogen and oxygen atoms in total. The number of carbonyl (C=O) groups excluding carboxylic acids is 2. The summed E-state index contributed by atoms with van der Waals surface area (Å²) in [6.45, 7) is 4.24. The Balaban J connectivity index is 1.98. The first-order chi connectivity index (χ1) is 11.5. The molecule has 0 saturated heterocycles. The third-order valence-corrected chi connectivity index (χ3v) is 3.05. The van der Waals surface area contributed by atoms with Gasteiger partial charge in [-0.25, -0.2) is 0 Å². The van der Waals surface area contributed by atoms with Crippen LogP contribution in [0.5, 0.6) is 17.2 Å². The van der Waals surface area contributed by atoms with Gasteiger partial charge in [-0.2, -0.15) is 0 Å². The van der Waals surface area contributed by atoms with Gasteiger partial charge in [-0.05, 0) is 37.6 Å². The van der Waals surface area contributed by atoms with Crippen LogP contribution in [0.25, 0.3) is 6.08 Å². The van der Waals surface area contributed by atoms with E-state index in [1.54, 1.807) is 32.1 Å². The number of fused-ring (bicyclic) bond motifs is 1. The number of hydrogen-bond donors (Lipinski definition) is 1. The number of esters is 1. The molecule has 0 bridgehead atoms. The summed E-state index contributed by atoms with van der Waals surface area (Å²) < 4.78 is 21.3. The van der Waals surface area contributed by atoms with Gasteiger partial charge in [0.2, 0.25) is 11.7 Å². The highest BCUT2D eigenvalue weighted by Crippen LogP contribution is 2.40. The van der Waals surface area contributed by atoms with E-state index in [0.717, 1.165) is 5.56 Å². The quantitative estimate of drug-likeness (QED) is 0.627. The molecule has 7 heteroatoms. The Morgan fingerprint density at radius 1 is 1.29 bits per heavy atom. The summed E-state index contributed by atoms with van der Waals surface area (Å²) in [6.07, 6.45) is 2.72. The summed E-state index contributed by atoms with van der Waals surface area (Å²) in [5, 5.41) is 2.46. The van der Waals surface area contributed by atoms with Gasteiger partial charge < -0.3 is 24.3 Å². The minimum absolute atomic E-state index is 0.175. The Morgan fingerprint density at radius 2 is 2.04 bits per heavy atom. The van der Waals surface area contributed by atoms with Crippen LogP contribution in [0.4, 0.5) is 0 Å². The smallest absolute Gasteiger partial charge is 0.325 e. The lowest BCUT2D eigenvalue weighted by Crippen LogP contribution is -2.30.